The third-order valence-electron chi connectivity index (χ3n) is 3.23. The largest absolute Gasteiger partial charge is 0.0654 e. The van der Waals surface area contributed by atoms with Crippen LogP contribution in [0.2, 0.25) is 0 Å². The highest BCUT2D eigenvalue weighted by molar-refractivity contribution is 4.83. The van der Waals surface area contributed by atoms with Gasteiger partial charge in [-0.3, -0.25) is 0 Å². The molecule has 2 unspecified atom stereocenters. The van der Waals surface area contributed by atoms with Crippen LogP contribution in [0, 0.1) is 24.2 Å². The highest BCUT2D eigenvalue weighted by Crippen LogP contribution is 2.39. The molecule has 1 radical (unpaired) electrons. The van der Waals surface area contributed by atoms with Gasteiger partial charge < -0.3 is 0 Å². The zero-order chi connectivity index (χ0) is 9.07. The molecule has 0 N–H and O–H groups in total. The molecular formula is C11H23. The fraction of sp³-hybridized carbons (Fsp3) is 0.909. The van der Waals surface area contributed by atoms with Gasteiger partial charge in [0.25, 0.3) is 0 Å². The Hall–Kier alpha value is 0. The molecule has 0 aromatic rings. The molecule has 11 heavy (non-hydrogen) atoms. The first-order chi connectivity index (χ1) is 4.95. The monoisotopic (exact) mass is 155 g/mol. The van der Waals surface area contributed by atoms with Gasteiger partial charge in [0.2, 0.25) is 0 Å². The molecule has 0 bridgehead atoms. The molecule has 0 heteroatoms. The lowest BCUT2D eigenvalue weighted by molar-refractivity contribution is 0.138. The van der Waals surface area contributed by atoms with E-state index in [-0.39, 0.29) is 0 Å². The van der Waals surface area contributed by atoms with Gasteiger partial charge in [0, 0.05) is 0 Å². The minimum absolute atomic E-state index is 0.439. The average Bonchev–Trinajstić information content (AvgIpc) is 1.87. The number of hydrogen-bond donors (Lipinski definition) is 0. The highest BCUT2D eigenvalue weighted by atomic mass is 14.4. The summed E-state index contributed by atoms with van der Waals surface area (Å²) in [4.78, 5) is 0. The SMILES string of the molecule is [CH2]C(C)C(C)(CCC)C(C)C. The minimum Gasteiger partial charge on any atom is -0.0654 e. The van der Waals surface area contributed by atoms with Crippen molar-refractivity contribution in [3.63, 3.8) is 0 Å². The summed E-state index contributed by atoms with van der Waals surface area (Å²) in [6.45, 7) is 15.6. The van der Waals surface area contributed by atoms with Crippen LogP contribution in [0.4, 0.5) is 0 Å². The summed E-state index contributed by atoms with van der Waals surface area (Å²) in [7, 11) is 0. The lowest BCUT2D eigenvalue weighted by Gasteiger charge is -2.37. The molecule has 2 atom stereocenters. The average molecular weight is 155 g/mol. The molecule has 0 nitrogen and oxygen atoms in total. The summed E-state index contributed by atoms with van der Waals surface area (Å²) >= 11 is 0. The second kappa shape index (κ2) is 4.13. The first-order valence-corrected chi connectivity index (χ1v) is 4.78. The van der Waals surface area contributed by atoms with E-state index < -0.39 is 0 Å². The first kappa shape index (κ1) is 11.0. The van der Waals surface area contributed by atoms with Crippen molar-refractivity contribution >= 4 is 0 Å². The van der Waals surface area contributed by atoms with Crippen molar-refractivity contribution in [1.29, 1.82) is 0 Å². The predicted molar refractivity (Wildman–Crippen MR) is 52.4 cm³/mol. The third kappa shape index (κ3) is 2.50. The molecule has 0 amide bonds. The molecule has 0 aliphatic carbocycles. The van der Waals surface area contributed by atoms with E-state index in [1.807, 2.05) is 0 Å². The molecule has 0 fully saturated rings. The van der Waals surface area contributed by atoms with Crippen LogP contribution in [-0.2, 0) is 0 Å². The fourth-order valence-corrected chi connectivity index (χ4v) is 1.64. The Morgan fingerprint density at radius 2 is 1.73 bits per heavy atom. The Bertz CT molecular complexity index is 92.6. The minimum atomic E-state index is 0.439. The maximum absolute atomic E-state index is 4.15. The Kier molecular flexibility index (Phi) is 4.13. The van der Waals surface area contributed by atoms with Crippen LogP contribution in [0.25, 0.3) is 0 Å². The van der Waals surface area contributed by atoms with Gasteiger partial charge in [0.1, 0.15) is 0 Å². The summed E-state index contributed by atoms with van der Waals surface area (Å²) in [5, 5.41) is 0. The summed E-state index contributed by atoms with van der Waals surface area (Å²) in [5.41, 5.74) is 0.439. The van der Waals surface area contributed by atoms with Crippen molar-refractivity contribution in [2.24, 2.45) is 17.3 Å². The summed E-state index contributed by atoms with van der Waals surface area (Å²) in [5.74, 6) is 1.30. The van der Waals surface area contributed by atoms with Crippen LogP contribution in [0.3, 0.4) is 0 Å². The summed E-state index contributed by atoms with van der Waals surface area (Å²) in [6, 6.07) is 0. The van der Waals surface area contributed by atoms with Crippen molar-refractivity contribution in [2.75, 3.05) is 0 Å². The van der Waals surface area contributed by atoms with Crippen LogP contribution < -0.4 is 0 Å². The predicted octanol–water partition coefficient (Wildman–Crippen LogP) is 3.92. The van der Waals surface area contributed by atoms with E-state index in [0.717, 1.165) is 5.92 Å². The molecule has 0 aromatic heterocycles. The van der Waals surface area contributed by atoms with Gasteiger partial charge in [-0.05, 0) is 30.6 Å². The van der Waals surface area contributed by atoms with E-state index in [1.165, 1.54) is 12.8 Å². The second-order valence-electron chi connectivity index (χ2n) is 4.31. The lowest BCUT2D eigenvalue weighted by Crippen LogP contribution is -2.29. The molecule has 0 rings (SSSR count). The number of rotatable bonds is 4. The maximum atomic E-state index is 4.15. The van der Waals surface area contributed by atoms with Crippen LogP contribution in [-0.4, -0.2) is 0 Å². The molecule has 0 saturated carbocycles. The van der Waals surface area contributed by atoms with Crippen molar-refractivity contribution in [2.45, 2.75) is 47.5 Å². The highest BCUT2D eigenvalue weighted by Gasteiger charge is 2.30. The fourth-order valence-electron chi connectivity index (χ4n) is 1.64. The van der Waals surface area contributed by atoms with Crippen LogP contribution in [0.15, 0.2) is 0 Å². The van der Waals surface area contributed by atoms with E-state index in [9.17, 15) is 0 Å². The van der Waals surface area contributed by atoms with E-state index in [2.05, 4.69) is 41.5 Å². The quantitative estimate of drug-likeness (QED) is 0.577. The topological polar surface area (TPSA) is 0 Å². The van der Waals surface area contributed by atoms with Crippen molar-refractivity contribution in [3.05, 3.63) is 6.92 Å². The van der Waals surface area contributed by atoms with Gasteiger partial charge in [-0.2, -0.15) is 0 Å². The van der Waals surface area contributed by atoms with Gasteiger partial charge in [0.05, 0.1) is 0 Å². The maximum Gasteiger partial charge on any atom is -0.0277 e. The van der Waals surface area contributed by atoms with Gasteiger partial charge >= 0.3 is 0 Å². The van der Waals surface area contributed by atoms with Crippen LogP contribution in [0.1, 0.15) is 47.5 Å². The van der Waals surface area contributed by atoms with Gasteiger partial charge in [-0.15, -0.1) is 0 Å². The van der Waals surface area contributed by atoms with Crippen LogP contribution in [0.5, 0.6) is 0 Å². The summed E-state index contributed by atoms with van der Waals surface area (Å²) < 4.78 is 0. The van der Waals surface area contributed by atoms with Crippen molar-refractivity contribution in [3.8, 4) is 0 Å². The van der Waals surface area contributed by atoms with E-state index in [0.29, 0.717) is 11.3 Å². The van der Waals surface area contributed by atoms with E-state index in [1.54, 1.807) is 0 Å². The molecular weight excluding hydrogens is 132 g/mol. The zero-order valence-corrected chi connectivity index (χ0v) is 8.78. The van der Waals surface area contributed by atoms with E-state index in [4.69, 9.17) is 0 Å². The standard InChI is InChI=1S/C11H23/c1-7-8-11(6,9(2)3)10(4)5/h9-10H,2,7-8H2,1,3-6H3. The van der Waals surface area contributed by atoms with E-state index >= 15 is 0 Å². The van der Waals surface area contributed by atoms with Crippen LogP contribution >= 0.6 is 0 Å². The second-order valence-corrected chi connectivity index (χ2v) is 4.31. The normalized spacial score (nSPS) is 13.1. The Morgan fingerprint density at radius 3 is 1.82 bits per heavy atom. The molecule has 0 saturated heterocycles. The first-order valence-electron chi connectivity index (χ1n) is 4.78. The third-order valence-corrected chi connectivity index (χ3v) is 3.23. The Balaban J connectivity index is 4.26. The van der Waals surface area contributed by atoms with Gasteiger partial charge in [-0.25, -0.2) is 0 Å². The number of hydrogen-bond acceptors (Lipinski definition) is 0. The Labute approximate surface area is 72.4 Å². The molecule has 0 heterocycles. The molecule has 0 aliphatic rings. The van der Waals surface area contributed by atoms with Gasteiger partial charge in [-0.1, -0.05) is 41.0 Å². The Morgan fingerprint density at radius 1 is 1.27 bits per heavy atom. The smallest absolute Gasteiger partial charge is 0.0277 e. The molecule has 0 aliphatic heterocycles. The molecule has 0 spiro atoms. The molecule has 67 valence electrons. The zero-order valence-electron chi connectivity index (χ0n) is 8.78. The van der Waals surface area contributed by atoms with Gasteiger partial charge in [0.15, 0.2) is 0 Å². The summed E-state index contributed by atoms with van der Waals surface area (Å²) in [6.07, 6.45) is 2.57. The molecule has 0 aromatic carbocycles. The lowest BCUT2D eigenvalue weighted by atomic mass is 9.68. The van der Waals surface area contributed by atoms with Crippen molar-refractivity contribution in [1.82, 2.24) is 0 Å². The van der Waals surface area contributed by atoms with Crippen molar-refractivity contribution < 1.29 is 0 Å².